The van der Waals surface area contributed by atoms with Crippen LogP contribution in [0.15, 0.2) is 66.7 Å². The summed E-state index contributed by atoms with van der Waals surface area (Å²) in [4.78, 5) is 0. The summed E-state index contributed by atoms with van der Waals surface area (Å²) < 4.78 is 26.7. The smallest absolute Gasteiger partial charge is 0.200 e. The average Bonchev–Trinajstić information content (AvgIpc) is 3.27. The fraction of sp³-hybridized carbons (Fsp3) is 0.689. The molecule has 0 atom stereocenters. The largest absolute Gasteiger partial charge is 0.499 e. The van der Waals surface area contributed by atoms with Crippen molar-refractivity contribution in [3.8, 4) is 11.5 Å². The van der Waals surface area contributed by atoms with Crippen LogP contribution in [0.1, 0.15) is 226 Å². The van der Waals surface area contributed by atoms with Gasteiger partial charge in [0.15, 0.2) is 16.6 Å². The molecule has 0 aliphatic heterocycles. The number of hydrogen-bond acceptors (Lipinski definition) is 4. The number of unbranched alkanes of at least 4 members (excludes halogenated alkanes) is 16. The van der Waals surface area contributed by atoms with Gasteiger partial charge < -0.3 is 18.3 Å². The minimum absolute atomic E-state index is 0. The van der Waals surface area contributed by atoms with Crippen LogP contribution >= 0.6 is 0 Å². The molecule has 0 amide bonds. The normalized spacial score (nSPS) is 12.3. The second kappa shape index (κ2) is 34.1. The molecule has 0 fully saturated rings. The molecule has 0 saturated carbocycles. The van der Waals surface area contributed by atoms with Gasteiger partial charge in [0.1, 0.15) is 0 Å². The molecule has 0 aliphatic rings. The molecule has 0 spiro atoms. The van der Waals surface area contributed by atoms with Crippen LogP contribution in [0.4, 0.5) is 0 Å². The first-order chi connectivity index (χ1) is 32.1. The van der Waals surface area contributed by atoms with Crippen molar-refractivity contribution in [3.05, 3.63) is 100 Å². The Morgan fingerprint density at radius 2 is 0.632 bits per heavy atom. The van der Waals surface area contributed by atoms with E-state index in [1.54, 1.807) is 0 Å². The molecule has 1 radical (unpaired) electrons. The molecule has 0 heterocycles. The molecule has 383 valence electrons. The first kappa shape index (κ1) is 62.7. The molecule has 4 nitrogen and oxygen atoms in total. The summed E-state index contributed by atoms with van der Waals surface area (Å²) in [6, 6.07) is 24.1. The van der Waals surface area contributed by atoms with Crippen LogP contribution in [-0.4, -0.2) is 43.1 Å². The number of aryl methyl sites for hydroxylation is 2. The van der Waals surface area contributed by atoms with Crippen LogP contribution in [0.5, 0.6) is 11.5 Å². The van der Waals surface area contributed by atoms with Crippen LogP contribution in [0.25, 0.3) is 0 Å². The van der Waals surface area contributed by atoms with Gasteiger partial charge in [-0.05, 0) is 58.9 Å². The van der Waals surface area contributed by atoms with E-state index in [9.17, 15) is 0 Å². The minimum atomic E-state index is -1.73. The van der Waals surface area contributed by atoms with Gasteiger partial charge in [-0.1, -0.05) is 281 Å². The molecule has 0 aliphatic carbocycles. The van der Waals surface area contributed by atoms with Crippen molar-refractivity contribution in [2.24, 2.45) is 0 Å². The Bertz CT molecular complexity index is 1590. The fourth-order valence-corrected chi connectivity index (χ4v) is 22.8. The monoisotopic (exact) mass is 1040 g/mol. The van der Waals surface area contributed by atoms with E-state index in [4.69, 9.17) is 18.3 Å². The van der Waals surface area contributed by atoms with Crippen molar-refractivity contribution in [3.63, 3.8) is 0 Å². The molecule has 3 rings (SSSR count). The Hall–Kier alpha value is -1.41. The van der Waals surface area contributed by atoms with Gasteiger partial charge in [0.25, 0.3) is 0 Å². The Labute approximate surface area is 448 Å². The quantitative estimate of drug-likeness (QED) is 0.0250. The molecule has 0 N–H and O–H groups in total. The zero-order valence-corrected chi connectivity index (χ0v) is 51.4. The second-order valence-corrected chi connectivity index (χ2v) is 33.0. The average molecular weight is 1050 g/mol. The van der Waals surface area contributed by atoms with Gasteiger partial charge in [0.05, 0.1) is 24.7 Å². The van der Waals surface area contributed by atoms with Gasteiger partial charge >= 0.3 is 0 Å². The Morgan fingerprint density at radius 1 is 0.368 bits per heavy atom. The molecular formula is C61H103O4Si2Y-. The van der Waals surface area contributed by atoms with Gasteiger partial charge in [-0.25, -0.2) is 0 Å². The van der Waals surface area contributed by atoms with Crippen molar-refractivity contribution in [1.29, 1.82) is 0 Å². The number of benzene rings is 3. The first-order valence-electron chi connectivity index (χ1n) is 27.8. The van der Waals surface area contributed by atoms with Gasteiger partial charge in [0, 0.05) is 52.0 Å². The molecular weight excluding hydrogens is 942 g/mol. The van der Waals surface area contributed by atoms with Gasteiger partial charge in [-0.2, -0.15) is 0 Å². The predicted molar refractivity (Wildman–Crippen MR) is 297 cm³/mol. The third-order valence-electron chi connectivity index (χ3n) is 15.2. The number of ether oxygens (including phenoxy) is 2. The number of hydrogen-bond donors (Lipinski definition) is 0. The standard InChI is InChI=1S/C61H103O4Si2.Y/c1-48(2)66(49(3)4,50(5)6)64-43-35-27-23-19-15-17-21-25-33-41-62-57-45-56(61(59-39-31-29-37-54(59)13)60-40-32-30-38-55(60)14)46-58(47-57)63-42-34-26-22-18-16-20-24-28-36-44-65-67(51(7)8,52(9)10)53(11)12;/h29-32,37-40,45-53H,15-28,33-36,41-44H2,1-14H3;/q-1;. The van der Waals surface area contributed by atoms with Crippen molar-refractivity contribution >= 4 is 16.6 Å². The Kier molecular flexibility index (Phi) is 31.4. The zero-order chi connectivity index (χ0) is 49.2. The summed E-state index contributed by atoms with van der Waals surface area (Å²) >= 11 is 0. The SMILES string of the molecule is Cc1ccccc1[C-](c1cc(OCCCCCCCCCCCO[Si](C(C)C)(C(C)C)C(C)C)cc(OCCCCCCCCCCCO[Si](C(C)C)(C(C)C)C(C)C)c1)c1ccccc1C.[Y]. The predicted octanol–water partition coefficient (Wildman–Crippen LogP) is 19.5. The Balaban J connectivity index is 0.0000159. The van der Waals surface area contributed by atoms with Crippen LogP contribution in [-0.2, 0) is 41.6 Å². The fourth-order valence-electron chi connectivity index (χ4n) is 11.8. The number of rotatable bonds is 37. The van der Waals surface area contributed by atoms with E-state index in [0.717, 1.165) is 56.3 Å². The van der Waals surface area contributed by atoms with E-state index in [1.807, 2.05) is 0 Å². The van der Waals surface area contributed by atoms with E-state index in [2.05, 4.69) is 164 Å². The molecule has 0 aromatic heterocycles. The summed E-state index contributed by atoms with van der Waals surface area (Å²) in [5, 5.41) is 0. The summed E-state index contributed by atoms with van der Waals surface area (Å²) in [5.74, 6) is 3.04. The molecule has 7 heteroatoms. The topological polar surface area (TPSA) is 36.9 Å². The molecule has 68 heavy (non-hydrogen) atoms. The van der Waals surface area contributed by atoms with Crippen LogP contribution < -0.4 is 9.47 Å². The van der Waals surface area contributed by atoms with E-state index < -0.39 is 16.6 Å². The summed E-state index contributed by atoms with van der Waals surface area (Å²) in [6.45, 7) is 36.4. The maximum atomic E-state index is 6.79. The van der Waals surface area contributed by atoms with E-state index >= 15 is 0 Å². The maximum absolute atomic E-state index is 6.79. The van der Waals surface area contributed by atoms with Gasteiger partial charge in [-0.15, -0.1) is 0 Å². The van der Waals surface area contributed by atoms with Crippen LogP contribution in [0.2, 0.25) is 33.2 Å². The van der Waals surface area contributed by atoms with Crippen molar-refractivity contribution < 1.29 is 51.0 Å². The van der Waals surface area contributed by atoms with E-state index in [-0.39, 0.29) is 32.7 Å². The second-order valence-electron chi connectivity index (χ2n) is 22.1. The molecule has 3 aromatic rings. The molecule has 3 aromatic carbocycles. The maximum Gasteiger partial charge on any atom is 0.200 e. The minimum Gasteiger partial charge on any atom is -0.499 e. The van der Waals surface area contributed by atoms with Crippen molar-refractivity contribution in [1.82, 2.24) is 0 Å². The van der Waals surface area contributed by atoms with Crippen LogP contribution in [0.3, 0.4) is 0 Å². The summed E-state index contributed by atoms with van der Waals surface area (Å²) in [6.07, 6.45) is 22.7. The molecule has 0 saturated heterocycles. The molecule has 0 bridgehead atoms. The van der Waals surface area contributed by atoms with Crippen molar-refractivity contribution in [2.75, 3.05) is 26.4 Å². The third kappa shape index (κ3) is 19.9. The van der Waals surface area contributed by atoms with Crippen molar-refractivity contribution in [2.45, 2.75) is 246 Å². The third-order valence-corrected chi connectivity index (χ3v) is 27.5. The first-order valence-corrected chi connectivity index (χ1v) is 32.0. The van der Waals surface area contributed by atoms with E-state index in [1.165, 1.54) is 131 Å². The summed E-state index contributed by atoms with van der Waals surface area (Å²) in [7, 11) is -3.47. The Morgan fingerprint density at radius 3 is 0.912 bits per heavy atom. The molecule has 0 unspecified atom stereocenters. The van der Waals surface area contributed by atoms with E-state index in [0.29, 0.717) is 33.2 Å². The van der Waals surface area contributed by atoms with Crippen LogP contribution in [0, 0.1) is 19.8 Å². The van der Waals surface area contributed by atoms with Gasteiger partial charge in [-0.3, -0.25) is 0 Å². The zero-order valence-electron chi connectivity index (χ0n) is 46.6. The summed E-state index contributed by atoms with van der Waals surface area (Å²) in [5.41, 5.74) is 10.2. The van der Waals surface area contributed by atoms with Gasteiger partial charge in [0.2, 0.25) is 0 Å².